The van der Waals surface area contributed by atoms with Crippen molar-refractivity contribution < 1.29 is 9.59 Å². The minimum Gasteiger partial charge on any atom is -0.359 e. The molecule has 1 heterocycles. The Morgan fingerprint density at radius 2 is 1.72 bits per heavy atom. The minimum absolute atomic E-state index is 0.0961. The molecule has 2 amide bonds. The fraction of sp³-hybridized carbons (Fsp3) is 0.440. The Balaban J connectivity index is 1.48. The van der Waals surface area contributed by atoms with Crippen LogP contribution in [0.3, 0.4) is 0 Å². The van der Waals surface area contributed by atoms with Crippen LogP contribution in [0.4, 0.5) is 0 Å². The Hall–Kier alpha value is -2.62. The van der Waals surface area contributed by atoms with Crippen LogP contribution in [0.25, 0.3) is 11.1 Å². The van der Waals surface area contributed by atoms with E-state index in [0.29, 0.717) is 19.5 Å². The summed E-state index contributed by atoms with van der Waals surface area (Å²) in [5.41, 5.74) is 4.39. The van der Waals surface area contributed by atoms with Gasteiger partial charge >= 0.3 is 0 Å². The van der Waals surface area contributed by atoms with Crippen molar-refractivity contribution in [3.63, 3.8) is 0 Å². The Morgan fingerprint density at radius 1 is 1.03 bits per heavy atom. The molecule has 1 saturated heterocycles. The molecule has 2 aliphatic rings. The van der Waals surface area contributed by atoms with Crippen molar-refractivity contribution in [2.45, 2.75) is 39.0 Å². The first-order chi connectivity index (χ1) is 14.0. The molecule has 0 spiro atoms. The van der Waals surface area contributed by atoms with Gasteiger partial charge in [0, 0.05) is 26.1 Å². The molecule has 2 fully saturated rings. The average Bonchev–Trinajstić information content (AvgIpc) is 3.59. The maximum absolute atomic E-state index is 12.8. The summed E-state index contributed by atoms with van der Waals surface area (Å²) in [6.45, 7) is 3.47. The second-order valence-electron chi connectivity index (χ2n) is 8.70. The maximum atomic E-state index is 12.8. The highest BCUT2D eigenvalue weighted by atomic mass is 16.2. The molecule has 0 radical (unpaired) electrons. The van der Waals surface area contributed by atoms with Crippen molar-refractivity contribution in [3.05, 3.63) is 59.7 Å². The van der Waals surface area contributed by atoms with E-state index in [1.165, 1.54) is 22.3 Å². The van der Waals surface area contributed by atoms with E-state index < -0.39 is 5.41 Å². The normalized spacial score (nSPS) is 18.3. The Bertz CT molecular complexity index is 891. The van der Waals surface area contributed by atoms with Crippen LogP contribution >= 0.6 is 0 Å². The summed E-state index contributed by atoms with van der Waals surface area (Å²) in [5.74, 6) is 0.633. The molecule has 0 aromatic heterocycles. The molecule has 0 unspecified atom stereocenters. The van der Waals surface area contributed by atoms with Crippen LogP contribution in [0.2, 0.25) is 0 Å². The maximum Gasteiger partial charge on any atom is 0.226 e. The van der Waals surface area contributed by atoms with Gasteiger partial charge in [-0.1, -0.05) is 54.1 Å². The number of carbonyl (C=O) groups is 2. The quantitative estimate of drug-likeness (QED) is 0.840. The van der Waals surface area contributed by atoms with Gasteiger partial charge in [0.25, 0.3) is 0 Å². The topological polar surface area (TPSA) is 49.4 Å². The highest BCUT2D eigenvalue weighted by Gasteiger charge is 2.43. The molecule has 1 aliphatic heterocycles. The van der Waals surface area contributed by atoms with E-state index in [-0.39, 0.29) is 17.7 Å². The van der Waals surface area contributed by atoms with Crippen molar-refractivity contribution in [2.75, 3.05) is 20.1 Å². The summed E-state index contributed by atoms with van der Waals surface area (Å²) >= 11 is 0. The molecule has 4 rings (SSSR count). The van der Waals surface area contributed by atoms with Gasteiger partial charge in [-0.15, -0.1) is 0 Å². The van der Waals surface area contributed by atoms with Crippen LogP contribution in [0.1, 0.15) is 36.8 Å². The predicted octanol–water partition coefficient (Wildman–Crippen LogP) is 3.97. The number of piperidine rings is 1. The summed E-state index contributed by atoms with van der Waals surface area (Å²) in [6.07, 6.45) is 4.23. The molecule has 1 N–H and O–H groups in total. The van der Waals surface area contributed by atoms with Gasteiger partial charge in [-0.2, -0.15) is 0 Å². The summed E-state index contributed by atoms with van der Waals surface area (Å²) in [7, 11) is 1.71. The molecule has 1 aliphatic carbocycles. The molecule has 29 heavy (non-hydrogen) atoms. The molecule has 2 aromatic rings. The summed E-state index contributed by atoms with van der Waals surface area (Å²) in [4.78, 5) is 27.2. The van der Waals surface area contributed by atoms with Crippen LogP contribution < -0.4 is 5.32 Å². The number of likely N-dealkylation sites (tertiary alicyclic amines) is 1. The van der Waals surface area contributed by atoms with E-state index in [1.54, 1.807) is 7.05 Å². The van der Waals surface area contributed by atoms with E-state index in [4.69, 9.17) is 0 Å². The second kappa shape index (κ2) is 8.02. The lowest BCUT2D eigenvalue weighted by molar-refractivity contribution is -0.141. The number of nitrogens with one attached hydrogen (secondary N) is 1. The fourth-order valence-electron chi connectivity index (χ4n) is 4.52. The van der Waals surface area contributed by atoms with Gasteiger partial charge in [0.2, 0.25) is 11.8 Å². The van der Waals surface area contributed by atoms with E-state index in [1.807, 2.05) is 4.90 Å². The molecular weight excluding hydrogens is 360 g/mol. The first-order valence-corrected chi connectivity index (χ1v) is 10.7. The lowest BCUT2D eigenvalue weighted by Crippen LogP contribution is -2.51. The Morgan fingerprint density at radius 3 is 2.31 bits per heavy atom. The van der Waals surface area contributed by atoms with Crippen molar-refractivity contribution in [1.29, 1.82) is 0 Å². The van der Waals surface area contributed by atoms with Crippen LogP contribution in [-0.4, -0.2) is 36.9 Å². The highest BCUT2D eigenvalue weighted by molar-refractivity contribution is 5.84. The number of amides is 2. The largest absolute Gasteiger partial charge is 0.359 e. The van der Waals surface area contributed by atoms with Crippen molar-refractivity contribution in [2.24, 2.45) is 11.3 Å². The monoisotopic (exact) mass is 390 g/mol. The average molecular weight is 391 g/mol. The lowest BCUT2D eigenvalue weighted by Gasteiger charge is -2.40. The van der Waals surface area contributed by atoms with E-state index >= 15 is 0 Å². The molecule has 1 saturated carbocycles. The zero-order valence-electron chi connectivity index (χ0n) is 17.4. The number of rotatable bonds is 5. The summed E-state index contributed by atoms with van der Waals surface area (Å²) < 4.78 is 0. The zero-order valence-corrected chi connectivity index (χ0v) is 17.4. The van der Waals surface area contributed by atoms with E-state index in [9.17, 15) is 9.59 Å². The van der Waals surface area contributed by atoms with Crippen molar-refractivity contribution >= 4 is 11.8 Å². The van der Waals surface area contributed by atoms with Crippen LogP contribution in [0.5, 0.6) is 0 Å². The molecule has 0 atom stereocenters. The molecule has 4 nitrogen and oxygen atoms in total. The summed E-state index contributed by atoms with van der Waals surface area (Å²) in [5, 5.41) is 2.88. The molecule has 2 aromatic carbocycles. The van der Waals surface area contributed by atoms with Crippen LogP contribution in [0, 0.1) is 18.3 Å². The smallest absolute Gasteiger partial charge is 0.226 e. The molecule has 4 heteroatoms. The summed E-state index contributed by atoms with van der Waals surface area (Å²) in [6, 6.07) is 17.1. The third-order valence-corrected chi connectivity index (χ3v) is 6.52. The SMILES string of the molecule is CNC(=O)C1(Cc2ccc(-c3cccc(C)c3)cc2)CCN(C(=O)C2CC2)CC1. The lowest BCUT2D eigenvalue weighted by atomic mass is 9.72. The predicted molar refractivity (Wildman–Crippen MR) is 115 cm³/mol. The number of aryl methyl sites for hydroxylation is 1. The molecular formula is C25H30N2O2. The first-order valence-electron chi connectivity index (χ1n) is 10.7. The van der Waals surface area contributed by atoms with E-state index in [0.717, 1.165) is 25.7 Å². The minimum atomic E-state index is -0.431. The Kier molecular flexibility index (Phi) is 5.44. The first kappa shape index (κ1) is 19.7. The number of nitrogens with zero attached hydrogens (tertiary/aromatic N) is 1. The molecule has 0 bridgehead atoms. The fourth-order valence-corrected chi connectivity index (χ4v) is 4.52. The zero-order chi connectivity index (χ0) is 20.4. The van der Waals surface area contributed by atoms with Gasteiger partial charge in [-0.25, -0.2) is 0 Å². The van der Waals surface area contributed by atoms with Crippen molar-refractivity contribution in [1.82, 2.24) is 10.2 Å². The highest BCUT2D eigenvalue weighted by Crippen LogP contribution is 2.38. The van der Waals surface area contributed by atoms with Gasteiger partial charge in [0.1, 0.15) is 0 Å². The second-order valence-corrected chi connectivity index (χ2v) is 8.70. The third kappa shape index (κ3) is 4.21. The number of hydrogen-bond acceptors (Lipinski definition) is 2. The number of benzene rings is 2. The van der Waals surface area contributed by atoms with E-state index in [2.05, 4.69) is 60.8 Å². The van der Waals surface area contributed by atoms with Crippen molar-refractivity contribution in [3.8, 4) is 11.1 Å². The van der Waals surface area contributed by atoms with Gasteiger partial charge in [-0.3, -0.25) is 9.59 Å². The van der Waals surface area contributed by atoms with Crippen LogP contribution in [-0.2, 0) is 16.0 Å². The van der Waals surface area contributed by atoms with Crippen LogP contribution in [0.15, 0.2) is 48.5 Å². The Labute approximate surface area is 173 Å². The standard InChI is InChI=1S/C25H30N2O2/c1-18-4-3-5-22(16-18)20-8-6-19(7-9-20)17-25(24(29)26-2)12-14-27(15-13-25)23(28)21-10-11-21/h3-9,16,21H,10-15,17H2,1-2H3,(H,26,29). The van der Waals surface area contributed by atoms with Gasteiger partial charge in [0.15, 0.2) is 0 Å². The molecule has 152 valence electrons. The number of carbonyl (C=O) groups excluding carboxylic acids is 2. The van der Waals surface area contributed by atoms with Gasteiger partial charge < -0.3 is 10.2 Å². The van der Waals surface area contributed by atoms with Gasteiger partial charge in [0.05, 0.1) is 5.41 Å². The van der Waals surface area contributed by atoms with Gasteiger partial charge in [-0.05, 0) is 55.7 Å². The third-order valence-electron chi connectivity index (χ3n) is 6.52. The number of hydrogen-bond donors (Lipinski definition) is 1.